The van der Waals surface area contributed by atoms with E-state index < -0.39 is 0 Å². The number of ether oxygens (including phenoxy) is 2. The van der Waals surface area contributed by atoms with Gasteiger partial charge in [0.15, 0.2) is 0 Å². The molecule has 4 nitrogen and oxygen atoms in total. The molecular weight excluding hydrogens is 284 g/mol. The van der Waals surface area contributed by atoms with Gasteiger partial charge in [0.25, 0.3) is 0 Å². The number of aromatic nitrogens is 1. The highest BCUT2D eigenvalue weighted by molar-refractivity contribution is 7.09. The van der Waals surface area contributed by atoms with Crippen LogP contribution in [-0.2, 0) is 21.8 Å². The fourth-order valence-corrected chi connectivity index (χ4v) is 2.89. The van der Waals surface area contributed by atoms with E-state index in [4.69, 9.17) is 21.1 Å². The van der Waals surface area contributed by atoms with Gasteiger partial charge in [-0.05, 0) is 6.92 Å². The molecular formula is C13H23ClN2O2S. The molecule has 110 valence electrons. The molecule has 1 aromatic rings. The second kappa shape index (κ2) is 9.66. The molecule has 1 heterocycles. The van der Waals surface area contributed by atoms with Gasteiger partial charge in [0.05, 0.1) is 29.8 Å². The van der Waals surface area contributed by atoms with Crippen molar-refractivity contribution in [2.24, 2.45) is 0 Å². The first kappa shape index (κ1) is 16.9. The van der Waals surface area contributed by atoms with Crippen molar-refractivity contribution in [3.05, 3.63) is 16.1 Å². The van der Waals surface area contributed by atoms with Crippen molar-refractivity contribution in [2.75, 3.05) is 40.5 Å². The van der Waals surface area contributed by atoms with Crippen LogP contribution in [0, 0.1) is 0 Å². The van der Waals surface area contributed by atoms with Crippen molar-refractivity contribution >= 4 is 22.9 Å². The van der Waals surface area contributed by atoms with Crippen LogP contribution in [0.4, 0.5) is 0 Å². The molecule has 1 aromatic heterocycles. The Labute approximate surface area is 124 Å². The number of alkyl halides is 1. The molecule has 19 heavy (non-hydrogen) atoms. The van der Waals surface area contributed by atoms with Crippen LogP contribution in [0.15, 0.2) is 5.38 Å². The third-order valence-corrected chi connectivity index (χ3v) is 4.19. The maximum absolute atomic E-state index is 5.76. The number of methoxy groups -OCH3 is 2. The number of hydrogen-bond donors (Lipinski definition) is 0. The van der Waals surface area contributed by atoms with Crippen molar-refractivity contribution in [1.29, 1.82) is 0 Å². The Kier molecular flexibility index (Phi) is 8.57. The van der Waals surface area contributed by atoms with Crippen molar-refractivity contribution in [3.8, 4) is 0 Å². The number of thiazole rings is 1. The van der Waals surface area contributed by atoms with Gasteiger partial charge in [-0.2, -0.15) is 0 Å². The Morgan fingerprint density at radius 3 is 2.74 bits per heavy atom. The van der Waals surface area contributed by atoms with E-state index in [1.165, 1.54) is 0 Å². The fourth-order valence-electron chi connectivity index (χ4n) is 1.87. The predicted molar refractivity (Wildman–Crippen MR) is 80.2 cm³/mol. The maximum atomic E-state index is 5.76. The van der Waals surface area contributed by atoms with Crippen LogP contribution in [0.3, 0.4) is 0 Å². The van der Waals surface area contributed by atoms with Gasteiger partial charge in [-0.3, -0.25) is 4.90 Å². The second-order valence-electron chi connectivity index (χ2n) is 4.45. The van der Waals surface area contributed by atoms with Gasteiger partial charge in [0, 0.05) is 45.2 Å². The molecule has 1 atom stereocenters. The first-order valence-electron chi connectivity index (χ1n) is 6.42. The summed E-state index contributed by atoms with van der Waals surface area (Å²) in [5, 5.41) is 3.17. The minimum atomic E-state index is 0.382. The molecule has 0 radical (unpaired) electrons. The minimum Gasteiger partial charge on any atom is -0.383 e. The standard InChI is InChI=1S/C13H23ClN2O2S/c1-11(9-18-3)16(6-7-17-2)5-4-13-15-12(8-14)10-19-13/h10-11H,4-9H2,1-3H3. The molecule has 0 aliphatic heterocycles. The smallest absolute Gasteiger partial charge is 0.0941 e. The van der Waals surface area contributed by atoms with Gasteiger partial charge >= 0.3 is 0 Å². The third kappa shape index (κ3) is 6.19. The highest BCUT2D eigenvalue weighted by Crippen LogP contribution is 2.13. The minimum absolute atomic E-state index is 0.382. The monoisotopic (exact) mass is 306 g/mol. The lowest BCUT2D eigenvalue weighted by atomic mass is 10.2. The van der Waals surface area contributed by atoms with E-state index >= 15 is 0 Å². The molecule has 0 fully saturated rings. The van der Waals surface area contributed by atoms with Crippen LogP contribution in [0.2, 0.25) is 0 Å². The highest BCUT2D eigenvalue weighted by Gasteiger charge is 2.14. The molecule has 0 bridgehead atoms. The van der Waals surface area contributed by atoms with Gasteiger partial charge in [0.2, 0.25) is 0 Å². The lowest BCUT2D eigenvalue weighted by Gasteiger charge is -2.28. The largest absolute Gasteiger partial charge is 0.383 e. The van der Waals surface area contributed by atoms with E-state index in [2.05, 4.69) is 16.8 Å². The van der Waals surface area contributed by atoms with Gasteiger partial charge in [0.1, 0.15) is 0 Å². The molecule has 0 N–H and O–H groups in total. The van der Waals surface area contributed by atoms with Crippen LogP contribution < -0.4 is 0 Å². The summed E-state index contributed by atoms with van der Waals surface area (Å²) in [5.74, 6) is 0.490. The molecule has 0 saturated carbocycles. The van der Waals surface area contributed by atoms with Gasteiger partial charge in [-0.15, -0.1) is 22.9 Å². The zero-order valence-electron chi connectivity index (χ0n) is 11.9. The number of nitrogens with zero attached hydrogens (tertiary/aromatic N) is 2. The highest BCUT2D eigenvalue weighted by atomic mass is 35.5. The van der Waals surface area contributed by atoms with Crippen molar-refractivity contribution in [3.63, 3.8) is 0 Å². The van der Waals surface area contributed by atoms with E-state index in [1.54, 1.807) is 25.6 Å². The molecule has 0 aliphatic rings. The lowest BCUT2D eigenvalue weighted by Crippen LogP contribution is -2.39. The third-order valence-electron chi connectivity index (χ3n) is 2.96. The summed E-state index contributed by atoms with van der Waals surface area (Å²) >= 11 is 7.44. The molecule has 0 amide bonds. The Bertz CT molecular complexity index is 349. The van der Waals surface area contributed by atoms with Crippen LogP contribution >= 0.6 is 22.9 Å². The molecule has 1 rings (SSSR count). The van der Waals surface area contributed by atoms with E-state index in [0.717, 1.165) is 43.4 Å². The van der Waals surface area contributed by atoms with Gasteiger partial charge in [-0.1, -0.05) is 0 Å². The van der Waals surface area contributed by atoms with Crippen LogP contribution in [-0.4, -0.2) is 56.4 Å². The van der Waals surface area contributed by atoms with E-state index in [1.807, 2.05) is 5.38 Å². The second-order valence-corrected chi connectivity index (χ2v) is 5.66. The zero-order valence-corrected chi connectivity index (χ0v) is 13.5. The summed E-state index contributed by atoms with van der Waals surface area (Å²) < 4.78 is 10.4. The Morgan fingerprint density at radius 1 is 1.37 bits per heavy atom. The Balaban J connectivity index is 2.46. The van der Waals surface area contributed by atoms with Crippen molar-refractivity contribution in [1.82, 2.24) is 9.88 Å². The zero-order chi connectivity index (χ0) is 14.1. The Hall–Kier alpha value is -0.200. The summed E-state index contributed by atoms with van der Waals surface area (Å²) in [6, 6.07) is 0.382. The fraction of sp³-hybridized carbons (Fsp3) is 0.769. The van der Waals surface area contributed by atoms with Gasteiger partial charge in [-0.25, -0.2) is 4.98 Å². The van der Waals surface area contributed by atoms with E-state index in [0.29, 0.717) is 11.9 Å². The lowest BCUT2D eigenvalue weighted by molar-refractivity contribution is 0.0758. The molecule has 0 aromatic carbocycles. The first-order chi connectivity index (χ1) is 9.21. The topological polar surface area (TPSA) is 34.6 Å². The number of halogens is 1. The molecule has 0 aliphatic carbocycles. The van der Waals surface area contributed by atoms with Crippen molar-refractivity contribution < 1.29 is 9.47 Å². The maximum Gasteiger partial charge on any atom is 0.0941 e. The molecule has 6 heteroatoms. The van der Waals surface area contributed by atoms with Crippen LogP contribution in [0.25, 0.3) is 0 Å². The number of hydrogen-bond acceptors (Lipinski definition) is 5. The summed E-state index contributed by atoms with van der Waals surface area (Å²) in [4.78, 5) is 6.85. The summed E-state index contributed by atoms with van der Waals surface area (Å²) in [6.07, 6.45) is 0.944. The SMILES string of the molecule is COCCN(CCc1nc(CCl)cs1)C(C)COC. The van der Waals surface area contributed by atoms with Crippen LogP contribution in [0.1, 0.15) is 17.6 Å². The normalized spacial score (nSPS) is 13.1. The van der Waals surface area contributed by atoms with E-state index in [9.17, 15) is 0 Å². The summed E-state index contributed by atoms with van der Waals surface area (Å²) in [7, 11) is 3.46. The summed E-state index contributed by atoms with van der Waals surface area (Å²) in [6.45, 7) is 5.51. The van der Waals surface area contributed by atoms with E-state index in [-0.39, 0.29) is 0 Å². The molecule has 1 unspecified atom stereocenters. The quantitative estimate of drug-likeness (QED) is 0.622. The number of rotatable bonds is 10. The molecule has 0 saturated heterocycles. The van der Waals surface area contributed by atoms with Crippen LogP contribution in [0.5, 0.6) is 0 Å². The van der Waals surface area contributed by atoms with Crippen molar-refractivity contribution in [2.45, 2.75) is 25.3 Å². The average molecular weight is 307 g/mol. The average Bonchev–Trinajstić information content (AvgIpc) is 2.87. The predicted octanol–water partition coefficient (Wildman–Crippen LogP) is 2.41. The Morgan fingerprint density at radius 2 is 2.16 bits per heavy atom. The molecule has 0 spiro atoms. The van der Waals surface area contributed by atoms with Gasteiger partial charge < -0.3 is 9.47 Å². The summed E-state index contributed by atoms with van der Waals surface area (Å²) in [5.41, 5.74) is 0.968. The first-order valence-corrected chi connectivity index (χ1v) is 7.83.